The number of ether oxygens (including phenoxy) is 1. The molecule has 1 amide bonds. The molecule has 0 radical (unpaired) electrons. The van der Waals surface area contributed by atoms with E-state index in [4.69, 9.17) is 21.3 Å². The van der Waals surface area contributed by atoms with Gasteiger partial charge in [0.2, 0.25) is 5.95 Å². The maximum atomic E-state index is 12.7. The van der Waals surface area contributed by atoms with Crippen LogP contribution in [0.3, 0.4) is 0 Å². The van der Waals surface area contributed by atoms with Gasteiger partial charge < -0.3 is 19.5 Å². The number of aryl methyl sites for hydroxylation is 1. The van der Waals surface area contributed by atoms with Crippen molar-refractivity contribution in [3.8, 4) is 5.75 Å². The van der Waals surface area contributed by atoms with Gasteiger partial charge in [0.05, 0.1) is 22.4 Å². The Morgan fingerprint density at radius 3 is 2.55 bits per heavy atom. The van der Waals surface area contributed by atoms with E-state index >= 15 is 0 Å². The number of benzene rings is 1. The van der Waals surface area contributed by atoms with E-state index in [1.165, 1.54) is 43.8 Å². The predicted molar refractivity (Wildman–Crippen MR) is 156 cm³/mol. The van der Waals surface area contributed by atoms with E-state index < -0.39 is 0 Å². The molecule has 40 heavy (non-hydrogen) atoms. The van der Waals surface area contributed by atoms with Crippen LogP contribution < -0.4 is 20.5 Å². The molecule has 212 valence electrons. The molecule has 4 aliphatic rings. The van der Waals surface area contributed by atoms with Crippen LogP contribution in [0.5, 0.6) is 5.75 Å². The zero-order valence-corrected chi connectivity index (χ0v) is 24.0. The van der Waals surface area contributed by atoms with Crippen molar-refractivity contribution in [2.24, 2.45) is 13.0 Å². The van der Waals surface area contributed by atoms with E-state index in [0.717, 1.165) is 66.0 Å². The molecule has 5 heterocycles. The van der Waals surface area contributed by atoms with Crippen LogP contribution in [0.1, 0.15) is 49.8 Å². The standard InChI is InChI=1S/C30H37ClN6O3/c1-32-28(38)18-40-27-15-21-13-20(5-8-26(21)35(2)29(27)39)14-25-24(31)16-33-30(34-25)36-11-9-23(10-12-36)37-17-19-3-6-22(37)7-4-19/h5,8,13,15-16,19,22-23H,3-4,6-7,9-12,14,17-18H2,1-2H3,(H,32,38). The van der Waals surface area contributed by atoms with Crippen LogP contribution in [-0.4, -0.2) is 70.7 Å². The van der Waals surface area contributed by atoms with Gasteiger partial charge in [-0.2, -0.15) is 0 Å². The molecule has 1 saturated carbocycles. The van der Waals surface area contributed by atoms with Crippen LogP contribution in [0.4, 0.5) is 5.95 Å². The van der Waals surface area contributed by atoms with Gasteiger partial charge >= 0.3 is 0 Å². The summed E-state index contributed by atoms with van der Waals surface area (Å²) in [7, 11) is 3.23. The van der Waals surface area contributed by atoms with Gasteiger partial charge in [-0.15, -0.1) is 0 Å². The fourth-order valence-electron chi connectivity index (χ4n) is 6.74. The van der Waals surface area contributed by atoms with E-state index in [9.17, 15) is 9.59 Å². The average molecular weight is 565 g/mol. The number of aromatic nitrogens is 3. The zero-order valence-electron chi connectivity index (χ0n) is 23.2. The molecule has 4 fully saturated rings. The summed E-state index contributed by atoms with van der Waals surface area (Å²) in [6, 6.07) is 9.08. The van der Waals surface area contributed by atoms with Gasteiger partial charge in [0, 0.05) is 57.6 Å². The molecule has 2 bridgehead atoms. The van der Waals surface area contributed by atoms with Crippen LogP contribution in [-0.2, 0) is 18.3 Å². The second kappa shape index (κ2) is 11.4. The molecule has 0 atom stereocenters. The molecule has 10 heteroatoms. The first-order chi connectivity index (χ1) is 19.4. The minimum Gasteiger partial charge on any atom is -0.478 e. The molecule has 3 aliphatic heterocycles. The van der Waals surface area contributed by atoms with Crippen LogP contribution in [0.15, 0.2) is 35.3 Å². The molecule has 9 nitrogen and oxygen atoms in total. The van der Waals surface area contributed by atoms with Crippen molar-refractivity contribution in [1.82, 2.24) is 24.8 Å². The normalized spacial score (nSPS) is 21.6. The lowest BCUT2D eigenvalue weighted by atomic mass is 9.78. The molecule has 1 N–H and O–H groups in total. The number of carbonyl (C=O) groups excluding carboxylic acids is 1. The molecule has 3 aromatic rings. The van der Waals surface area contributed by atoms with Crippen molar-refractivity contribution < 1.29 is 9.53 Å². The first-order valence-corrected chi connectivity index (χ1v) is 14.8. The zero-order chi connectivity index (χ0) is 27.8. The number of nitrogens with zero attached hydrogens (tertiary/aromatic N) is 5. The summed E-state index contributed by atoms with van der Waals surface area (Å²) < 4.78 is 7.04. The molecule has 1 aromatic carbocycles. The lowest BCUT2D eigenvalue weighted by molar-refractivity contribution is -0.122. The summed E-state index contributed by atoms with van der Waals surface area (Å²) in [6.45, 7) is 3.00. The number of pyridine rings is 1. The number of rotatable bonds is 7. The molecular formula is C30H37ClN6O3. The Hall–Kier alpha value is -3.17. The molecule has 2 aromatic heterocycles. The number of amides is 1. The quantitative estimate of drug-likeness (QED) is 0.469. The Balaban J connectivity index is 1.16. The number of anilines is 1. The summed E-state index contributed by atoms with van der Waals surface area (Å²) in [4.78, 5) is 38.9. The van der Waals surface area contributed by atoms with Crippen molar-refractivity contribution in [2.75, 3.05) is 38.2 Å². The highest BCUT2D eigenvalue weighted by Gasteiger charge is 2.38. The minimum atomic E-state index is -0.298. The maximum Gasteiger partial charge on any atom is 0.293 e. The van der Waals surface area contributed by atoms with E-state index in [1.807, 2.05) is 18.2 Å². The number of hydrogen-bond donors (Lipinski definition) is 1. The van der Waals surface area contributed by atoms with Crippen LogP contribution in [0, 0.1) is 5.92 Å². The van der Waals surface area contributed by atoms with E-state index in [2.05, 4.69) is 20.1 Å². The lowest BCUT2D eigenvalue weighted by Gasteiger charge is -2.50. The van der Waals surface area contributed by atoms with Crippen molar-refractivity contribution >= 4 is 34.4 Å². The van der Waals surface area contributed by atoms with Crippen LogP contribution in [0.2, 0.25) is 5.02 Å². The highest BCUT2D eigenvalue weighted by Crippen LogP contribution is 2.38. The fraction of sp³-hybridized carbons (Fsp3) is 0.533. The molecule has 0 spiro atoms. The van der Waals surface area contributed by atoms with Gasteiger partial charge in [-0.05, 0) is 68.2 Å². The highest BCUT2D eigenvalue weighted by atomic mass is 35.5. The van der Waals surface area contributed by atoms with Crippen LogP contribution in [0.25, 0.3) is 10.9 Å². The topological polar surface area (TPSA) is 92.6 Å². The number of carbonyl (C=O) groups is 1. The Labute approximate surface area is 239 Å². The lowest BCUT2D eigenvalue weighted by Crippen LogP contribution is -2.55. The smallest absolute Gasteiger partial charge is 0.293 e. The number of hydrogen-bond acceptors (Lipinski definition) is 7. The molecule has 7 rings (SSSR count). The summed E-state index contributed by atoms with van der Waals surface area (Å²) >= 11 is 6.57. The maximum absolute atomic E-state index is 12.7. The third-order valence-electron chi connectivity index (χ3n) is 9.04. The molecule has 0 unspecified atom stereocenters. The van der Waals surface area contributed by atoms with Gasteiger partial charge in [-0.25, -0.2) is 9.97 Å². The summed E-state index contributed by atoms with van der Waals surface area (Å²) in [6.07, 6.45) is 10.1. The van der Waals surface area contributed by atoms with E-state index in [1.54, 1.807) is 19.3 Å². The number of piperidine rings is 3. The van der Waals surface area contributed by atoms with Crippen molar-refractivity contribution in [1.29, 1.82) is 0 Å². The first-order valence-electron chi connectivity index (χ1n) is 14.4. The molecule has 1 aliphatic carbocycles. The largest absolute Gasteiger partial charge is 0.478 e. The highest BCUT2D eigenvalue weighted by molar-refractivity contribution is 6.31. The van der Waals surface area contributed by atoms with Gasteiger partial charge in [0.1, 0.15) is 0 Å². The second-order valence-corrected chi connectivity index (χ2v) is 11.9. The molecule has 3 saturated heterocycles. The van der Waals surface area contributed by atoms with Crippen molar-refractivity contribution in [2.45, 2.75) is 57.0 Å². The third kappa shape index (κ3) is 5.41. The average Bonchev–Trinajstić information content (AvgIpc) is 2.99. The molecular weight excluding hydrogens is 528 g/mol. The monoisotopic (exact) mass is 564 g/mol. The Morgan fingerprint density at radius 2 is 1.85 bits per heavy atom. The summed E-state index contributed by atoms with van der Waals surface area (Å²) in [5, 5.41) is 3.87. The number of fused-ring (bicyclic) bond motifs is 4. The SMILES string of the molecule is CNC(=O)COc1cc2cc(Cc3nc(N4CCC(N5CC6CCC5CC6)CC4)ncc3Cl)ccc2n(C)c1=O. The Kier molecular flexibility index (Phi) is 7.68. The third-order valence-corrected chi connectivity index (χ3v) is 9.35. The Morgan fingerprint density at radius 1 is 1.10 bits per heavy atom. The number of halogens is 1. The van der Waals surface area contributed by atoms with E-state index in [-0.39, 0.29) is 23.8 Å². The first kappa shape index (κ1) is 27.0. The van der Waals surface area contributed by atoms with Gasteiger partial charge in [-0.1, -0.05) is 17.7 Å². The summed E-state index contributed by atoms with van der Waals surface area (Å²) in [5.74, 6) is 1.49. The Bertz CT molecular complexity index is 1460. The van der Waals surface area contributed by atoms with Gasteiger partial charge in [0.25, 0.3) is 11.5 Å². The second-order valence-electron chi connectivity index (χ2n) is 11.5. The number of likely N-dealkylation sites (N-methyl/N-ethyl adjacent to an activating group) is 1. The van der Waals surface area contributed by atoms with Gasteiger partial charge in [-0.3, -0.25) is 14.5 Å². The summed E-state index contributed by atoms with van der Waals surface area (Å²) in [5.41, 5.74) is 2.28. The van der Waals surface area contributed by atoms with Crippen molar-refractivity contribution in [3.63, 3.8) is 0 Å². The van der Waals surface area contributed by atoms with Gasteiger partial charge in [0.15, 0.2) is 12.4 Å². The predicted octanol–water partition coefficient (Wildman–Crippen LogP) is 3.54. The minimum absolute atomic E-state index is 0.138. The van der Waals surface area contributed by atoms with Crippen molar-refractivity contribution in [3.05, 3.63) is 57.1 Å². The number of nitrogens with one attached hydrogen (secondary N) is 1. The fourth-order valence-corrected chi connectivity index (χ4v) is 6.90. The van der Waals surface area contributed by atoms with Crippen LogP contribution >= 0.6 is 11.6 Å². The van der Waals surface area contributed by atoms with E-state index in [0.29, 0.717) is 17.5 Å².